The lowest BCUT2D eigenvalue weighted by atomic mass is 10.3. The molecule has 0 spiro atoms. The number of ether oxygens (including phenoxy) is 1. The number of imidazole rings is 1. The summed E-state index contributed by atoms with van der Waals surface area (Å²) in [5, 5.41) is 5.99. The third-order valence-corrected chi connectivity index (χ3v) is 3.01. The van der Waals surface area contributed by atoms with Crippen molar-refractivity contribution in [2.75, 3.05) is 24.4 Å². The Hall–Kier alpha value is -2.34. The Balaban J connectivity index is 2.08. The van der Waals surface area contributed by atoms with Crippen LogP contribution in [-0.2, 0) is 9.53 Å². The van der Waals surface area contributed by atoms with E-state index in [1.165, 1.54) is 6.92 Å². The predicted octanol–water partition coefficient (Wildman–Crippen LogP) is 2.79. The van der Waals surface area contributed by atoms with Crippen LogP contribution in [0, 0.1) is 0 Å². The van der Waals surface area contributed by atoms with Crippen molar-refractivity contribution in [2.24, 2.45) is 0 Å². The molecule has 0 bridgehead atoms. The van der Waals surface area contributed by atoms with Crippen molar-refractivity contribution < 1.29 is 9.53 Å². The van der Waals surface area contributed by atoms with Gasteiger partial charge in [-0.3, -0.25) is 4.79 Å². The van der Waals surface area contributed by atoms with E-state index in [2.05, 4.69) is 22.5 Å². The van der Waals surface area contributed by atoms with E-state index in [0.717, 1.165) is 17.3 Å². The van der Waals surface area contributed by atoms with Crippen molar-refractivity contribution in [1.82, 2.24) is 9.55 Å². The van der Waals surface area contributed by atoms with Crippen LogP contribution in [0.2, 0.25) is 0 Å². The van der Waals surface area contributed by atoms with Crippen LogP contribution in [0.4, 0.5) is 17.3 Å². The molecule has 21 heavy (non-hydrogen) atoms. The summed E-state index contributed by atoms with van der Waals surface area (Å²) in [6.45, 7) is 4.17. The van der Waals surface area contributed by atoms with E-state index in [9.17, 15) is 4.79 Å². The van der Waals surface area contributed by atoms with Crippen LogP contribution < -0.4 is 10.6 Å². The number of carbonyl (C=O) groups is 1. The average Bonchev–Trinajstić information content (AvgIpc) is 2.89. The minimum absolute atomic E-state index is 0.0837. The molecule has 6 heteroatoms. The third kappa shape index (κ3) is 4.06. The maximum absolute atomic E-state index is 11.0. The number of methoxy groups -OCH3 is 1. The Labute approximate surface area is 124 Å². The summed E-state index contributed by atoms with van der Waals surface area (Å²) >= 11 is 0. The largest absolute Gasteiger partial charge is 0.383 e. The maximum Gasteiger partial charge on any atom is 0.221 e. The fourth-order valence-electron chi connectivity index (χ4n) is 2.06. The minimum atomic E-state index is -0.0837. The molecule has 2 aromatic rings. The Morgan fingerprint density at radius 3 is 2.62 bits per heavy atom. The molecule has 0 saturated carbocycles. The molecule has 1 atom stereocenters. The van der Waals surface area contributed by atoms with Gasteiger partial charge in [-0.2, -0.15) is 0 Å². The number of nitrogens with one attached hydrogen (secondary N) is 2. The Bertz CT molecular complexity index is 592. The molecule has 0 saturated heterocycles. The highest BCUT2D eigenvalue weighted by atomic mass is 16.5. The first-order chi connectivity index (χ1) is 10.1. The molecule has 1 heterocycles. The van der Waals surface area contributed by atoms with Crippen LogP contribution in [0.25, 0.3) is 0 Å². The van der Waals surface area contributed by atoms with Gasteiger partial charge in [-0.25, -0.2) is 4.98 Å². The van der Waals surface area contributed by atoms with E-state index in [-0.39, 0.29) is 11.9 Å². The van der Waals surface area contributed by atoms with Crippen molar-refractivity contribution in [3.8, 4) is 0 Å². The molecule has 0 aliphatic carbocycles. The summed E-state index contributed by atoms with van der Waals surface area (Å²) in [7, 11) is 1.68. The standard InChI is InChI=1S/C15H20N4O2/c1-11(10-21-3)19-9-8-16-15(19)18-14-6-4-13(5-7-14)17-12(2)20/h4-9,11H,10H2,1-3H3,(H,16,18)(H,17,20). The SMILES string of the molecule is COCC(C)n1ccnc1Nc1ccc(NC(C)=O)cc1. The monoisotopic (exact) mass is 288 g/mol. The molecule has 1 aromatic carbocycles. The number of carbonyl (C=O) groups excluding carboxylic acids is 1. The van der Waals surface area contributed by atoms with E-state index in [0.29, 0.717) is 6.61 Å². The van der Waals surface area contributed by atoms with E-state index in [1.54, 1.807) is 13.3 Å². The summed E-state index contributed by atoms with van der Waals surface area (Å²) in [5.74, 6) is 0.673. The highest BCUT2D eigenvalue weighted by Gasteiger charge is 2.09. The average molecular weight is 288 g/mol. The first-order valence-corrected chi connectivity index (χ1v) is 6.76. The van der Waals surface area contributed by atoms with Crippen LogP contribution in [0.3, 0.4) is 0 Å². The predicted molar refractivity (Wildman–Crippen MR) is 82.8 cm³/mol. The maximum atomic E-state index is 11.0. The van der Waals surface area contributed by atoms with E-state index in [1.807, 2.05) is 35.0 Å². The van der Waals surface area contributed by atoms with Crippen LogP contribution in [0.1, 0.15) is 19.9 Å². The van der Waals surface area contributed by atoms with Gasteiger partial charge in [-0.15, -0.1) is 0 Å². The first-order valence-electron chi connectivity index (χ1n) is 6.76. The van der Waals surface area contributed by atoms with Crippen molar-refractivity contribution in [3.05, 3.63) is 36.7 Å². The fourth-order valence-corrected chi connectivity index (χ4v) is 2.06. The van der Waals surface area contributed by atoms with Crippen LogP contribution in [-0.4, -0.2) is 29.2 Å². The molecule has 1 aromatic heterocycles. The Morgan fingerprint density at radius 2 is 2.00 bits per heavy atom. The van der Waals surface area contributed by atoms with E-state index < -0.39 is 0 Å². The summed E-state index contributed by atoms with van der Waals surface area (Å²) in [6, 6.07) is 7.67. The molecule has 0 aliphatic heterocycles. The highest BCUT2D eigenvalue weighted by molar-refractivity contribution is 5.88. The number of aromatic nitrogens is 2. The van der Waals surface area contributed by atoms with Gasteiger partial charge in [0, 0.05) is 37.8 Å². The summed E-state index contributed by atoms with van der Waals surface area (Å²) < 4.78 is 7.19. The van der Waals surface area contributed by atoms with Crippen LogP contribution in [0.15, 0.2) is 36.7 Å². The van der Waals surface area contributed by atoms with E-state index >= 15 is 0 Å². The lowest BCUT2D eigenvalue weighted by Gasteiger charge is -2.16. The number of anilines is 3. The molecule has 1 amide bonds. The minimum Gasteiger partial charge on any atom is -0.383 e. The number of hydrogen-bond donors (Lipinski definition) is 2. The Kier molecular flexibility index (Phi) is 4.94. The molecule has 1 unspecified atom stereocenters. The molecule has 0 radical (unpaired) electrons. The van der Waals surface area contributed by atoms with Crippen molar-refractivity contribution in [2.45, 2.75) is 19.9 Å². The second-order valence-corrected chi connectivity index (χ2v) is 4.85. The summed E-state index contributed by atoms with van der Waals surface area (Å²) in [4.78, 5) is 15.3. The molecule has 112 valence electrons. The third-order valence-electron chi connectivity index (χ3n) is 3.01. The van der Waals surface area contributed by atoms with Gasteiger partial charge in [0.2, 0.25) is 11.9 Å². The van der Waals surface area contributed by atoms with Gasteiger partial charge in [0.05, 0.1) is 12.6 Å². The first kappa shape index (κ1) is 15.1. The normalized spacial score (nSPS) is 12.0. The molecule has 0 aliphatic rings. The van der Waals surface area contributed by atoms with Gasteiger partial charge >= 0.3 is 0 Å². The molecule has 2 N–H and O–H groups in total. The molecular formula is C15H20N4O2. The number of nitrogens with zero attached hydrogens (tertiary/aromatic N) is 2. The Morgan fingerprint density at radius 1 is 1.33 bits per heavy atom. The zero-order chi connectivity index (χ0) is 15.2. The number of hydrogen-bond acceptors (Lipinski definition) is 4. The second-order valence-electron chi connectivity index (χ2n) is 4.85. The summed E-state index contributed by atoms with van der Waals surface area (Å²) in [6.07, 6.45) is 3.66. The van der Waals surface area contributed by atoms with Gasteiger partial charge in [0.25, 0.3) is 0 Å². The van der Waals surface area contributed by atoms with Gasteiger partial charge in [-0.1, -0.05) is 0 Å². The molecular weight excluding hydrogens is 268 g/mol. The van der Waals surface area contributed by atoms with Crippen molar-refractivity contribution in [1.29, 1.82) is 0 Å². The van der Waals surface area contributed by atoms with Gasteiger partial charge in [0.1, 0.15) is 0 Å². The fraction of sp³-hybridized carbons (Fsp3) is 0.333. The second kappa shape index (κ2) is 6.90. The van der Waals surface area contributed by atoms with Crippen LogP contribution >= 0.6 is 0 Å². The smallest absolute Gasteiger partial charge is 0.221 e. The quantitative estimate of drug-likeness (QED) is 0.857. The summed E-state index contributed by atoms with van der Waals surface area (Å²) in [5.41, 5.74) is 1.67. The lowest BCUT2D eigenvalue weighted by molar-refractivity contribution is -0.114. The van der Waals surface area contributed by atoms with Crippen LogP contribution in [0.5, 0.6) is 0 Å². The number of rotatable bonds is 6. The number of benzene rings is 1. The zero-order valence-corrected chi connectivity index (χ0v) is 12.5. The topological polar surface area (TPSA) is 68.2 Å². The lowest BCUT2D eigenvalue weighted by Crippen LogP contribution is -2.12. The zero-order valence-electron chi connectivity index (χ0n) is 12.5. The van der Waals surface area contributed by atoms with Gasteiger partial charge in [0.15, 0.2) is 0 Å². The van der Waals surface area contributed by atoms with Crippen molar-refractivity contribution in [3.63, 3.8) is 0 Å². The van der Waals surface area contributed by atoms with E-state index in [4.69, 9.17) is 4.74 Å². The van der Waals surface area contributed by atoms with Gasteiger partial charge in [-0.05, 0) is 31.2 Å². The molecule has 6 nitrogen and oxygen atoms in total. The van der Waals surface area contributed by atoms with Gasteiger partial charge < -0.3 is 19.9 Å². The molecule has 0 fully saturated rings. The molecule has 2 rings (SSSR count). The number of amides is 1. The highest BCUT2D eigenvalue weighted by Crippen LogP contribution is 2.20. The van der Waals surface area contributed by atoms with Crippen molar-refractivity contribution >= 4 is 23.2 Å².